The molecule has 1 aromatic carbocycles. The van der Waals surface area contributed by atoms with Crippen molar-refractivity contribution in [2.24, 2.45) is 7.05 Å². The molecule has 0 saturated carbocycles. The molecule has 0 aliphatic rings. The number of anilines is 1. The topological polar surface area (TPSA) is 123 Å². The maximum atomic E-state index is 14.0. The highest BCUT2D eigenvalue weighted by Crippen LogP contribution is 2.27. The first-order valence-corrected chi connectivity index (χ1v) is 12.0. The molecule has 0 radical (unpaired) electrons. The van der Waals surface area contributed by atoms with Crippen molar-refractivity contribution < 1.29 is 27.0 Å². The number of hydrogen-bond donors (Lipinski definition) is 2. The molecule has 3 aromatic rings. The number of aliphatic hydroxyl groups is 1. The van der Waals surface area contributed by atoms with Crippen LogP contribution in [-0.2, 0) is 22.8 Å². The van der Waals surface area contributed by atoms with Gasteiger partial charge in [0.1, 0.15) is 16.8 Å². The molecule has 0 amide bonds. The zero-order valence-electron chi connectivity index (χ0n) is 17.5. The van der Waals surface area contributed by atoms with Crippen molar-refractivity contribution in [2.75, 3.05) is 11.3 Å². The maximum absolute atomic E-state index is 14.0. The minimum Gasteiger partial charge on any atom is -0.472 e. The number of sulfonamides is 1. The number of nitrogens with zero attached hydrogens (tertiary/aromatic N) is 3. The monoisotopic (exact) mass is 498 g/mol. The highest BCUT2D eigenvalue weighted by Gasteiger charge is 2.19. The van der Waals surface area contributed by atoms with E-state index in [2.05, 4.69) is 14.7 Å². The van der Waals surface area contributed by atoms with Gasteiger partial charge in [-0.1, -0.05) is 23.9 Å². The van der Waals surface area contributed by atoms with E-state index < -0.39 is 27.8 Å². The van der Waals surface area contributed by atoms with E-state index in [-0.39, 0.29) is 45.2 Å². The first-order chi connectivity index (χ1) is 15.6. The van der Waals surface area contributed by atoms with Crippen LogP contribution in [0.1, 0.15) is 12.5 Å². The van der Waals surface area contributed by atoms with Crippen molar-refractivity contribution in [1.82, 2.24) is 14.5 Å². The summed E-state index contributed by atoms with van der Waals surface area (Å²) in [5.41, 5.74) is -0.307. The van der Waals surface area contributed by atoms with Crippen LogP contribution in [0.5, 0.6) is 5.88 Å². The number of pyridine rings is 1. The molecular weight excluding hydrogens is 478 g/mol. The first kappa shape index (κ1) is 24.6. The molecule has 33 heavy (non-hydrogen) atoms. The number of halogens is 2. The molecule has 3 rings (SSSR count). The van der Waals surface area contributed by atoms with Crippen molar-refractivity contribution in [3.05, 3.63) is 70.1 Å². The Hall–Kier alpha value is -3.03. The average Bonchev–Trinajstić information content (AvgIpc) is 2.76. The van der Waals surface area contributed by atoms with Gasteiger partial charge >= 0.3 is 0 Å². The molecule has 9 nitrogen and oxygen atoms in total. The van der Waals surface area contributed by atoms with Crippen LogP contribution in [0.2, 0.25) is 0 Å². The maximum Gasteiger partial charge on any atom is 0.264 e. The molecule has 0 spiro atoms. The number of thioether (sulfide) groups is 1. The third kappa shape index (κ3) is 6.27. The summed E-state index contributed by atoms with van der Waals surface area (Å²) in [7, 11) is -2.71. The summed E-state index contributed by atoms with van der Waals surface area (Å²) >= 11 is 0.934. The van der Waals surface area contributed by atoms with Crippen molar-refractivity contribution in [3.8, 4) is 5.88 Å². The molecule has 1 atom stereocenters. The fraction of sp³-hybridized carbons (Fsp3) is 0.250. The molecule has 0 aliphatic carbocycles. The Balaban J connectivity index is 1.91. The second-order valence-corrected chi connectivity index (χ2v) is 9.53. The summed E-state index contributed by atoms with van der Waals surface area (Å²) in [6.07, 6.45) is 0.506. The van der Waals surface area contributed by atoms with Gasteiger partial charge in [-0.05, 0) is 19.1 Å². The van der Waals surface area contributed by atoms with Gasteiger partial charge in [0.05, 0.1) is 6.61 Å². The first-order valence-electron chi connectivity index (χ1n) is 9.51. The van der Waals surface area contributed by atoms with Crippen molar-refractivity contribution in [3.63, 3.8) is 0 Å². The Morgan fingerprint density at radius 2 is 2.00 bits per heavy atom. The van der Waals surface area contributed by atoms with Crippen LogP contribution in [-0.4, -0.2) is 40.8 Å². The Kier molecular flexibility index (Phi) is 7.66. The molecule has 0 saturated heterocycles. The summed E-state index contributed by atoms with van der Waals surface area (Å²) in [5, 5.41) is 9.26. The normalized spacial score (nSPS) is 12.4. The van der Waals surface area contributed by atoms with E-state index in [9.17, 15) is 27.1 Å². The van der Waals surface area contributed by atoms with Crippen molar-refractivity contribution >= 4 is 27.6 Å². The highest BCUT2D eigenvalue weighted by atomic mass is 32.2. The third-order valence-electron chi connectivity index (χ3n) is 4.26. The summed E-state index contributed by atoms with van der Waals surface area (Å²) in [6, 6.07) is 7.25. The summed E-state index contributed by atoms with van der Waals surface area (Å²) in [5.74, 6) is -2.21. The lowest BCUT2D eigenvalue weighted by atomic mass is 10.2. The third-order valence-corrected chi connectivity index (χ3v) is 6.49. The quantitative estimate of drug-likeness (QED) is 0.340. The van der Waals surface area contributed by atoms with Crippen molar-refractivity contribution in [2.45, 2.75) is 28.8 Å². The van der Waals surface area contributed by atoms with Gasteiger partial charge in [0.15, 0.2) is 16.8 Å². The lowest BCUT2D eigenvalue weighted by Gasteiger charge is -2.14. The summed E-state index contributed by atoms with van der Waals surface area (Å²) in [6.45, 7) is 1.26. The number of aryl methyl sites for hydroxylation is 1. The molecule has 0 aliphatic heterocycles. The Labute approximate surface area is 192 Å². The number of benzene rings is 1. The number of rotatable bonds is 9. The number of nitrogens with one attached hydrogen (secondary N) is 1. The van der Waals surface area contributed by atoms with Crippen LogP contribution in [0, 0.1) is 11.6 Å². The Bertz CT molecular complexity index is 1320. The standard InChI is InChI=1S/C20H20F2N4O5S2/c1-12(10-27)31-17-8-16(25-33(29,30)14-6-7-18(28)26(2)9-14)23-20(24-17)32-11-13-4-3-5-15(21)19(13)22/h3-9,12,27H,10-11H2,1-2H3,(H,23,24,25). The molecule has 13 heteroatoms. The van der Waals surface area contributed by atoms with Gasteiger partial charge in [-0.25, -0.2) is 22.2 Å². The smallest absolute Gasteiger partial charge is 0.264 e. The van der Waals surface area contributed by atoms with Gasteiger partial charge in [-0.15, -0.1) is 0 Å². The minimum absolute atomic E-state index is 0.0273. The van der Waals surface area contributed by atoms with Crippen molar-refractivity contribution in [1.29, 1.82) is 0 Å². The fourth-order valence-corrected chi connectivity index (χ4v) is 4.42. The van der Waals surface area contributed by atoms with Gasteiger partial charge in [0.25, 0.3) is 10.0 Å². The SMILES string of the molecule is CC(CO)Oc1cc(NS(=O)(=O)c2ccc(=O)n(C)c2)nc(SCc2cccc(F)c2F)n1. The van der Waals surface area contributed by atoms with Crippen LogP contribution in [0.15, 0.2) is 57.4 Å². The predicted molar refractivity (Wildman–Crippen MR) is 118 cm³/mol. The lowest BCUT2D eigenvalue weighted by Crippen LogP contribution is -2.21. The number of ether oxygens (including phenoxy) is 1. The zero-order chi connectivity index (χ0) is 24.2. The number of aromatic nitrogens is 3. The molecule has 176 valence electrons. The second kappa shape index (κ2) is 10.3. The average molecular weight is 499 g/mol. The van der Waals surface area contributed by atoms with Crippen LogP contribution in [0.3, 0.4) is 0 Å². The van der Waals surface area contributed by atoms with E-state index in [1.54, 1.807) is 6.92 Å². The van der Waals surface area contributed by atoms with Gasteiger partial charge in [0.2, 0.25) is 11.4 Å². The van der Waals surface area contributed by atoms with Crippen LogP contribution >= 0.6 is 11.8 Å². The molecule has 0 fully saturated rings. The predicted octanol–water partition coefficient (Wildman–Crippen LogP) is 2.31. The summed E-state index contributed by atoms with van der Waals surface area (Å²) in [4.78, 5) is 19.6. The van der Waals surface area contributed by atoms with Crippen LogP contribution in [0.4, 0.5) is 14.6 Å². The highest BCUT2D eigenvalue weighted by molar-refractivity contribution is 7.98. The van der Waals surface area contributed by atoms with Gasteiger partial charge in [0, 0.05) is 36.7 Å². The van der Waals surface area contributed by atoms with Crippen LogP contribution in [0.25, 0.3) is 0 Å². The van der Waals surface area contributed by atoms with E-state index in [0.29, 0.717) is 0 Å². The molecule has 2 heterocycles. The second-order valence-electron chi connectivity index (χ2n) is 6.91. The Morgan fingerprint density at radius 1 is 1.24 bits per heavy atom. The van der Waals surface area contributed by atoms with Crippen LogP contribution < -0.4 is 15.0 Å². The summed E-state index contributed by atoms with van der Waals surface area (Å²) < 4.78 is 61.8. The van der Waals surface area contributed by atoms with E-state index in [1.165, 1.54) is 25.2 Å². The van der Waals surface area contributed by atoms with E-state index in [4.69, 9.17) is 4.74 Å². The fourth-order valence-electron chi connectivity index (χ4n) is 2.55. The molecule has 2 N–H and O–H groups in total. The largest absolute Gasteiger partial charge is 0.472 e. The zero-order valence-corrected chi connectivity index (χ0v) is 19.2. The molecule has 1 unspecified atom stereocenters. The minimum atomic E-state index is -4.12. The lowest BCUT2D eigenvalue weighted by molar-refractivity contribution is 0.124. The molecule has 0 bridgehead atoms. The van der Waals surface area contributed by atoms with E-state index >= 15 is 0 Å². The van der Waals surface area contributed by atoms with E-state index in [1.807, 2.05) is 0 Å². The van der Waals surface area contributed by atoms with Gasteiger partial charge in [-0.3, -0.25) is 9.52 Å². The van der Waals surface area contributed by atoms with Gasteiger partial charge < -0.3 is 14.4 Å². The molecule has 2 aromatic heterocycles. The Morgan fingerprint density at radius 3 is 2.70 bits per heavy atom. The van der Waals surface area contributed by atoms with E-state index in [0.717, 1.165) is 40.7 Å². The van der Waals surface area contributed by atoms with Gasteiger partial charge in [-0.2, -0.15) is 4.98 Å². The number of aliphatic hydroxyl groups excluding tert-OH is 1. The molecular formula is C20H20F2N4O5S2. The number of hydrogen-bond acceptors (Lipinski definition) is 8.